The molecule has 0 aliphatic heterocycles. The molecule has 3 N–H and O–H groups in total. The average Bonchev–Trinajstić information content (AvgIpc) is 3.08. The number of carbonyl (C=O) groups excluding carboxylic acids is 1. The first-order valence-corrected chi connectivity index (χ1v) is 13.4. The molecule has 0 radical (unpaired) electrons. The minimum atomic E-state index is -0.871. The number of methoxy groups -OCH3 is 3. The molecule has 5 aromatic rings. The summed E-state index contributed by atoms with van der Waals surface area (Å²) in [7, 11) is 4.21. The Kier molecular flexibility index (Phi) is 6.14. The maximum atomic E-state index is 13.7. The SMILES string of the molecule is C=CCCNc1c(O)c2c(=O)cc(OC)c3c4c(OC)cc(=O)c5c(O)c(OC)c6c(c(c1C=C(C)C6C(C)=O)c23)c54. The molecule has 42 heavy (non-hydrogen) atoms. The number of phenolic OH excluding ortho intramolecular Hbond substituents is 2. The summed E-state index contributed by atoms with van der Waals surface area (Å²) in [6.45, 7) is 7.41. The average molecular weight is 568 g/mol. The van der Waals surface area contributed by atoms with E-state index in [1.807, 2.05) is 0 Å². The number of benzene rings is 5. The van der Waals surface area contributed by atoms with E-state index in [2.05, 4.69) is 11.9 Å². The topological polar surface area (TPSA) is 131 Å². The molecule has 0 amide bonds. The Bertz CT molecular complexity index is 2150. The Morgan fingerprint density at radius 2 is 1.45 bits per heavy atom. The molecular formula is C33H29NO8. The van der Waals surface area contributed by atoms with Gasteiger partial charge in [0, 0.05) is 56.7 Å². The second kappa shape index (κ2) is 9.51. The molecule has 0 heterocycles. The molecule has 1 atom stereocenters. The predicted octanol–water partition coefficient (Wildman–Crippen LogP) is 5.41. The Hall–Kier alpha value is -5.05. The van der Waals surface area contributed by atoms with E-state index in [0.29, 0.717) is 67.7 Å². The van der Waals surface area contributed by atoms with Crippen molar-refractivity contribution in [1.82, 2.24) is 0 Å². The van der Waals surface area contributed by atoms with Gasteiger partial charge in [-0.1, -0.05) is 17.7 Å². The summed E-state index contributed by atoms with van der Waals surface area (Å²) < 4.78 is 17.2. The van der Waals surface area contributed by atoms with E-state index in [4.69, 9.17) is 14.2 Å². The number of hydrogen-bond donors (Lipinski definition) is 3. The molecule has 5 aromatic carbocycles. The summed E-state index contributed by atoms with van der Waals surface area (Å²) in [6, 6.07) is 2.55. The maximum Gasteiger partial charge on any atom is 0.194 e. The minimum absolute atomic E-state index is 0.0115. The van der Waals surface area contributed by atoms with E-state index in [-0.39, 0.29) is 39.6 Å². The van der Waals surface area contributed by atoms with E-state index in [1.54, 1.807) is 19.1 Å². The predicted molar refractivity (Wildman–Crippen MR) is 165 cm³/mol. The minimum Gasteiger partial charge on any atom is -0.505 e. The lowest BCUT2D eigenvalue weighted by Crippen LogP contribution is -2.14. The molecule has 9 heteroatoms. The lowest BCUT2D eigenvalue weighted by Gasteiger charge is -2.25. The first-order chi connectivity index (χ1) is 20.1. The van der Waals surface area contributed by atoms with Crippen LogP contribution >= 0.6 is 0 Å². The highest BCUT2D eigenvalue weighted by molar-refractivity contribution is 6.40. The summed E-state index contributed by atoms with van der Waals surface area (Å²) in [6.07, 6.45) is 4.11. The monoisotopic (exact) mass is 567 g/mol. The Labute approximate surface area is 239 Å². The van der Waals surface area contributed by atoms with Crippen molar-refractivity contribution < 1.29 is 29.2 Å². The molecule has 0 saturated heterocycles. The van der Waals surface area contributed by atoms with Crippen LogP contribution < -0.4 is 30.4 Å². The van der Waals surface area contributed by atoms with Crippen molar-refractivity contribution in [3.8, 4) is 28.7 Å². The second-order valence-electron chi connectivity index (χ2n) is 10.5. The van der Waals surface area contributed by atoms with Gasteiger partial charge < -0.3 is 29.7 Å². The standard InChI is InChI=1S/C33H29NO8/c1-7-8-9-34-30-15-10-13(2)20(14(3)35)29-27-21(15)26-22(31(30)38)16(36)11-18(40-4)24(26)25-19(41-5)12-17(37)23(28(25)27)32(39)33(29)42-6/h7,10-12,20,34,38-39H,1,8-9H2,2-6H3. The zero-order valence-corrected chi connectivity index (χ0v) is 23.9. The third-order valence-electron chi connectivity index (χ3n) is 8.30. The summed E-state index contributed by atoms with van der Waals surface area (Å²) in [4.78, 5) is 40.7. The quantitative estimate of drug-likeness (QED) is 0.0740. The van der Waals surface area contributed by atoms with Gasteiger partial charge in [-0.3, -0.25) is 14.4 Å². The van der Waals surface area contributed by atoms with Gasteiger partial charge in [-0.25, -0.2) is 0 Å². The van der Waals surface area contributed by atoms with Gasteiger partial charge in [-0.05, 0) is 25.7 Å². The number of aromatic hydroxyl groups is 2. The molecule has 6 rings (SSSR count). The van der Waals surface area contributed by atoms with E-state index in [0.717, 1.165) is 0 Å². The van der Waals surface area contributed by atoms with Crippen molar-refractivity contribution in [2.24, 2.45) is 0 Å². The highest BCUT2D eigenvalue weighted by atomic mass is 16.5. The van der Waals surface area contributed by atoms with Crippen LogP contribution in [0.3, 0.4) is 0 Å². The first-order valence-electron chi connectivity index (χ1n) is 13.4. The van der Waals surface area contributed by atoms with Gasteiger partial charge in [-0.15, -0.1) is 6.58 Å². The molecule has 0 aromatic heterocycles. The summed E-state index contributed by atoms with van der Waals surface area (Å²) in [5.41, 5.74) is 0.816. The van der Waals surface area contributed by atoms with Crippen LogP contribution in [0.1, 0.15) is 37.3 Å². The second-order valence-corrected chi connectivity index (χ2v) is 10.5. The number of allylic oxidation sites excluding steroid dienone is 1. The van der Waals surface area contributed by atoms with Crippen molar-refractivity contribution in [2.45, 2.75) is 26.2 Å². The number of ketones is 1. The lowest BCUT2D eigenvalue weighted by molar-refractivity contribution is -0.117. The van der Waals surface area contributed by atoms with Crippen LogP contribution in [0.4, 0.5) is 5.69 Å². The Morgan fingerprint density at radius 1 is 0.881 bits per heavy atom. The largest absolute Gasteiger partial charge is 0.505 e. The molecule has 9 nitrogen and oxygen atoms in total. The van der Waals surface area contributed by atoms with Crippen LogP contribution in [0.15, 0.2) is 39.9 Å². The highest BCUT2D eigenvalue weighted by Crippen LogP contribution is 2.58. The first kappa shape index (κ1) is 27.1. The van der Waals surface area contributed by atoms with Crippen molar-refractivity contribution >= 4 is 60.6 Å². The van der Waals surface area contributed by atoms with E-state index < -0.39 is 22.5 Å². The summed E-state index contributed by atoms with van der Waals surface area (Å²) in [5.74, 6) is -1.37. The van der Waals surface area contributed by atoms with Gasteiger partial charge in [0.15, 0.2) is 28.1 Å². The maximum absolute atomic E-state index is 13.7. The van der Waals surface area contributed by atoms with Crippen molar-refractivity contribution in [3.63, 3.8) is 0 Å². The zero-order chi connectivity index (χ0) is 30.2. The molecule has 1 aliphatic rings. The normalized spacial score (nSPS) is 14.5. The van der Waals surface area contributed by atoms with Crippen molar-refractivity contribution in [1.29, 1.82) is 0 Å². The Balaban J connectivity index is 2.12. The van der Waals surface area contributed by atoms with Crippen LogP contribution in [-0.4, -0.2) is 43.9 Å². The molecule has 1 aliphatic carbocycles. The molecule has 0 saturated carbocycles. The number of rotatable bonds is 8. The lowest BCUT2D eigenvalue weighted by atomic mass is 9.80. The number of ether oxygens (including phenoxy) is 3. The summed E-state index contributed by atoms with van der Waals surface area (Å²) in [5, 5.41) is 29.1. The van der Waals surface area contributed by atoms with Crippen LogP contribution in [0.5, 0.6) is 28.7 Å². The van der Waals surface area contributed by atoms with Crippen molar-refractivity contribution in [2.75, 3.05) is 33.2 Å². The fourth-order valence-corrected chi connectivity index (χ4v) is 6.75. The van der Waals surface area contributed by atoms with Gasteiger partial charge in [0.2, 0.25) is 0 Å². The molecule has 0 fully saturated rings. The fourth-order valence-electron chi connectivity index (χ4n) is 6.75. The van der Waals surface area contributed by atoms with E-state index in [1.165, 1.54) is 40.4 Å². The third kappa shape index (κ3) is 3.33. The molecule has 214 valence electrons. The highest BCUT2D eigenvalue weighted by Gasteiger charge is 2.37. The van der Waals surface area contributed by atoms with Gasteiger partial charge in [0.1, 0.15) is 17.3 Å². The van der Waals surface area contributed by atoms with E-state index >= 15 is 0 Å². The summed E-state index contributed by atoms with van der Waals surface area (Å²) >= 11 is 0. The fraction of sp³-hybridized carbons (Fsp3) is 0.242. The Morgan fingerprint density at radius 3 is 1.98 bits per heavy atom. The van der Waals surface area contributed by atoms with Crippen LogP contribution in [0.25, 0.3) is 49.2 Å². The molecular weight excluding hydrogens is 538 g/mol. The van der Waals surface area contributed by atoms with Crippen molar-refractivity contribution in [3.05, 3.63) is 61.9 Å². The van der Waals surface area contributed by atoms with Gasteiger partial charge in [0.05, 0.1) is 43.7 Å². The third-order valence-corrected chi connectivity index (χ3v) is 8.30. The number of carbonyl (C=O) groups is 1. The number of Topliss-reactive ketones (excluding diaryl/α,β-unsaturated/α-hetero) is 1. The van der Waals surface area contributed by atoms with E-state index in [9.17, 15) is 24.6 Å². The number of nitrogens with one attached hydrogen (secondary N) is 1. The van der Waals surface area contributed by atoms with Crippen LogP contribution in [0.2, 0.25) is 0 Å². The van der Waals surface area contributed by atoms with Gasteiger partial charge in [0.25, 0.3) is 0 Å². The molecule has 0 spiro atoms. The number of hydrogen-bond acceptors (Lipinski definition) is 9. The molecule has 0 bridgehead atoms. The number of fused-ring (bicyclic) bond motifs is 1. The zero-order valence-electron chi connectivity index (χ0n) is 23.9. The number of phenols is 2. The smallest absolute Gasteiger partial charge is 0.194 e. The van der Waals surface area contributed by atoms with Gasteiger partial charge in [-0.2, -0.15) is 0 Å². The van der Waals surface area contributed by atoms with Crippen LogP contribution in [-0.2, 0) is 4.79 Å². The van der Waals surface area contributed by atoms with Crippen LogP contribution in [0, 0.1) is 0 Å². The number of anilines is 1. The van der Waals surface area contributed by atoms with Gasteiger partial charge >= 0.3 is 0 Å². The molecule has 1 unspecified atom stereocenters.